The maximum absolute atomic E-state index is 11.4. The molecule has 0 N–H and O–H groups in total. The molecule has 2 heterocycles. The number of methoxy groups -OCH3 is 1. The van der Waals surface area contributed by atoms with Gasteiger partial charge in [-0.2, -0.15) is 0 Å². The van der Waals surface area contributed by atoms with Gasteiger partial charge in [-0.25, -0.2) is 4.98 Å². The second kappa shape index (κ2) is 5.17. The molecule has 0 saturated heterocycles. The van der Waals surface area contributed by atoms with Gasteiger partial charge in [0, 0.05) is 18.2 Å². The molecule has 0 amide bonds. The Bertz CT molecular complexity index is 762. The third-order valence-corrected chi connectivity index (χ3v) is 3.31. The Morgan fingerprint density at radius 1 is 1.20 bits per heavy atom. The number of fused-ring (bicyclic) bond motifs is 1. The Balaban J connectivity index is 2.08. The first kappa shape index (κ1) is 12.4. The first-order valence-corrected chi connectivity index (χ1v) is 6.36. The van der Waals surface area contributed by atoms with Crippen LogP contribution in [0.15, 0.2) is 48.7 Å². The van der Waals surface area contributed by atoms with Crippen molar-refractivity contribution >= 4 is 11.9 Å². The fourth-order valence-corrected chi connectivity index (χ4v) is 2.35. The van der Waals surface area contributed by atoms with E-state index in [9.17, 15) is 4.79 Å². The van der Waals surface area contributed by atoms with Crippen LogP contribution in [0.2, 0.25) is 0 Å². The zero-order valence-electron chi connectivity index (χ0n) is 11.1. The van der Waals surface area contributed by atoms with Gasteiger partial charge in [-0.3, -0.25) is 9.20 Å². The summed E-state index contributed by atoms with van der Waals surface area (Å²) in [6.07, 6.45) is 3.27. The van der Waals surface area contributed by atoms with E-state index in [-0.39, 0.29) is 0 Å². The number of aromatic nitrogens is 2. The third-order valence-electron chi connectivity index (χ3n) is 3.31. The predicted octanol–water partition coefficient (Wildman–Crippen LogP) is 2.75. The van der Waals surface area contributed by atoms with Gasteiger partial charge in [-0.05, 0) is 18.2 Å². The largest absolute Gasteiger partial charge is 0.496 e. The minimum Gasteiger partial charge on any atom is -0.496 e. The average Bonchev–Trinajstić information content (AvgIpc) is 2.85. The molecule has 4 nitrogen and oxygen atoms in total. The standard InChI is InChI=1S/C16H14N2O2/c1-20-15-7-3-2-6-12(15)10-13-14(11-19)18-9-5-4-8-16(18)17-13/h2-9,11H,10H2,1H3. The molecule has 3 aromatic rings. The molecule has 0 fully saturated rings. The van der Waals surface area contributed by atoms with Gasteiger partial charge in [0.05, 0.1) is 12.8 Å². The second-order valence-electron chi connectivity index (χ2n) is 4.48. The number of ether oxygens (including phenoxy) is 1. The highest BCUT2D eigenvalue weighted by Crippen LogP contribution is 2.22. The average molecular weight is 266 g/mol. The molecule has 0 bridgehead atoms. The number of rotatable bonds is 4. The first-order chi connectivity index (χ1) is 9.83. The van der Waals surface area contributed by atoms with E-state index in [0.29, 0.717) is 12.1 Å². The van der Waals surface area contributed by atoms with Crippen molar-refractivity contribution in [3.63, 3.8) is 0 Å². The van der Waals surface area contributed by atoms with Crippen LogP contribution >= 0.6 is 0 Å². The van der Waals surface area contributed by atoms with Gasteiger partial charge in [-0.15, -0.1) is 0 Å². The van der Waals surface area contributed by atoms with Crippen LogP contribution in [0.5, 0.6) is 5.75 Å². The van der Waals surface area contributed by atoms with Crippen LogP contribution in [0.25, 0.3) is 5.65 Å². The van der Waals surface area contributed by atoms with E-state index < -0.39 is 0 Å². The van der Waals surface area contributed by atoms with Crippen molar-refractivity contribution in [1.82, 2.24) is 9.38 Å². The highest BCUT2D eigenvalue weighted by molar-refractivity contribution is 5.76. The SMILES string of the molecule is COc1ccccc1Cc1nc2ccccn2c1C=O. The summed E-state index contributed by atoms with van der Waals surface area (Å²) in [5.74, 6) is 0.807. The molecule has 0 saturated carbocycles. The number of carbonyl (C=O) groups excluding carboxylic acids is 1. The maximum Gasteiger partial charge on any atom is 0.168 e. The molecule has 100 valence electrons. The Labute approximate surface area is 116 Å². The molecule has 0 spiro atoms. The topological polar surface area (TPSA) is 43.6 Å². The van der Waals surface area contributed by atoms with Crippen LogP contribution in [0.1, 0.15) is 21.7 Å². The minimum atomic E-state index is 0.569. The van der Waals surface area contributed by atoms with Crippen molar-refractivity contribution in [3.05, 3.63) is 65.6 Å². The van der Waals surface area contributed by atoms with Crippen molar-refractivity contribution < 1.29 is 9.53 Å². The van der Waals surface area contributed by atoms with E-state index in [1.165, 1.54) is 0 Å². The molecular weight excluding hydrogens is 252 g/mol. The van der Waals surface area contributed by atoms with E-state index in [2.05, 4.69) is 4.98 Å². The number of para-hydroxylation sites is 1. The molecule has 0 aliphatic carbocycles. The molecule has 0 unspecified atom stereocenters. The molecule has 4 heteroatoms. The van der Waals surface area contributed by atoms with Crippen LogP contribution in [0.3, 0.4) is 0 Å². The third kappa shape index (κ3) is 2.05. The highest BCUT2D eigenvalue weighted by atomic mass is 16.5. The van der Waals surface area contributed by atoms with E-state index in [0.717, 1.165) is 28.9 Å². The van der Waals surface area contributed by atoms with Gasteiger partial charge in [0.2, 0.25) is 0 Å². The summed E-state index contributed by atoms with van der Waals surface area (Å²) in [6.45, 7) is 0. The lowest BCUT2D eigenvalue weighted by Crippen LogP contribution is -1.98. The van der Waals surface area contributed by atoms with Gasteiger partial charge >= 0.3 is 0 Å². The molecule has 0 radical (unpaired) electrons. The monoisotopic (exact) mass is 266 g/mol. The first-order valence-electron chi connectivity index (χ1n) is 6.36. The van der Waals surface area contributed by atoms with Crippen molar-refractivity contribution in [1.29, 1.82) is 0 Å². The Morgan fingerprint density at radius 2 is 2.00 bits per heavy atom. The molecule has 20 heavy (non-hydrogen) atoms. The van der Waals surface area contributed by atoms with Crippen LogP contribution in [0.4, 0.5) is 0 Å². The lowest BCUT2D eigenvalue weighted by Gasteiger charge is -2.06. The van der Waals surface area contributed by atoms with E-state index in [1.54, 1.807) is 11.5 Å². The van der Waals surface area contributed by atoms with Gasteiger partial charge in [0.15, 0.2) is 6.29 Å². The number of carbonyl (C=O) groups is 1. The Morgan fingerprint density at radius 3 is 2.80 bits per heavy atom. The van der Waals surface area contributed by atoms with E-state index in [1.807, 2.05) is 48.7 Å². The Kier molecular flexibility index (Phi) is 3.21. The predicted molar refractivity (Wildman–Crippen MR) is 76.4 cm³/mol. The normalized spacial score (nSPS) is 10.7. The second-order valence-corrected chi connectivity index (χ2v) is 4.48. The van der Waals surface area contributed by atoms with Crippen molar-refractivity contribution in [3.8, 4) is 5.75 Å². The van der Waals surface area contributed by atoms with Gasteiger partial charge in [-0.1, -0.05) is 24.3 Å². The lowest BCUT2D eigenvalue weighted by atomic mass is 10.1. The fraction of sp³-hybridized carbons (Fsp3) is 0.125. The molecule has 0 atom stereocenters. The van der Waals surface area contributed by atoms with Crippen LogP contribution in [-0.2, 0) is 6.42 Å². The van der Waals surface area contributed by atoms with Crippen LogP contribution in [0, 0.1) is 0 Å². The Hall–Kier alpha value is -2.62. The molecule has 0 aliphatic heterocycles. The highest BCUT2D eigenvalue weighted by Gasteiger charge is 2.13. The van der Waals surface area contributed by atoms with E-state index >= 15 is 0 Å². The van der Waals surface area contributed by atoms with Gasteiger partial charge in [0.25, 0.3) is 0 Å². The summed E-state index contributed by atoms with van der Waals surface area (Å²) < 4.78 is 7.15. The van der Waals surface area contributed by atoms with E-state index in [4.69, 9.17) is 4.74 Å². The molecule has 3 rings (SSSR count). The number of hydrogen-bond acceptors (Lipinski definition) is 3. The number of benzene rings is 1. The van der Waals surface area contributed by atoms with Crippen LogP contribution < -0.4 is 4.74 Å². The summed E-state index contributed by atoms with van der Waals surface area (Å²) in [5, 5.41) is 0. The van der Waals surface area contributed by atoms with Gasteiger partial charge in [0.1, 0.15) is 17.1 Å². The molecular formula is C16H14N2O2. The number of aldehydes is 1. The number of hydrogen-bond donors (Lipinski definition) is 0. The summed E-state index contributed by atoms with van der Waals surface area (Å²) in [7, 11) is 1.64. The van der Waals surface area contributed by atoms with Crippen LogP contribution in [-0.4, -0.2) is 22.8 Å². The fourth-order valence-electron chi connectivity index (χ4n) is 2.35. The van der Waals surface area contributed by atoms with Crippen molar-refractivity contribution in [2.24, 2.45) is 0 Å². The molecule has 2 aromatic heterocycles. The lowest BCUT2D eigenvalue weighted by molar-refractivity contribution is 0.111. The quantitative estimate of drug-likeness (QED) is 0.682. The van der Waals surface area contributed by atoms with Crippen molar-refractivity contribution in [2.75, 3.05) is 7.11 Å². The maximum atomic E-state index is 11.4. The summed E-state index contributed by atoms with van der Waals surface area (Å²) in [4.78, 5) is 15.9. The van der Waals surface area contributed by atoms with Crippen molar-refractivity contribution in [2.45, 2.75) is 6.42 Å². The number of imidazole rings is 1. The number of pyridine rings is 1. The minimum absolute atomic E-state index is 0.569. The summed E-state index contributed by atoms with van der Waals surface area (Å²) >= 11 is 0. The summed E-state index contributed by atoms with van der Waals surface area (Å²) in [6, 6.07) is 13.4. The van der Waals surface area contributed by atoms with Gasteiger partial charge < -0.3 is 4.74 Å². The zero-order chi connectivity index (χ0) is 13.9. The number of nitrogens with zero attached hydrogens (tertiary/aromatic N) is 2. The molecule has 1 aromatic carbocycles. The molecule has 0 aliphatic rings. The summed E-state index contributed by atoms with van der Waals surface area (Å²) in [5.41, 5.74) is 3.14. The zero-order valence-corrected chi connectivity index (χ0v) is 11.1. The smallest absolute Gasteiger partial charge is 0.168 e.